The summed E-state index contributed by atoms with van der Waals surface area (Å²) in [5, 5.41) is 0. The van der Waals surface area contributed by atoms with E-state index in [1.165, 1.54) is 44.5 Å². The van der Waals surface area contributed by atoms with E-state index in [0.717, 1.165) is 25.7 Å². The Morgan fingerprint density at radius 2 is 0.667 bits per heavy atom. The van der Waals surface area contributed by atoms with Crippen molar-refractivity contribution < 1.29 is 0 Å². The topological polar surface area (TPSA) is 0 Å². The molecule has 0 bridgehead atoms. The Hall–Kier alpha value is -3.12. The predicted molar refractivity (Wildman–Crippen MR) is 142 cm³/mol. The average molecular weight is 433 g/mol. The van der Waals surface area contributed by atoms with Crippen molar-refractivity contribution in [3.63, 3.8) is 0 Å². The van der Waals surface area contributed by atoms with Gasteiger partial charge in [-0.15, -0.1) is 0 Å². The molecule has 0 aliphatic rings. The minimum absolute atomic E-state index is 0.0306. The second-order valence-electron chi connectivity index (χ2n) is 9.79. The molecule has 0 fully saturated rings. The molecule has 0 aliphatic heterocycles. The van der Waals surface area contributed by atoms with E-state index in [9.17, 15) is 0 Å². The van der Waals surface area contributed by atoms with Crippen LogP contribution in [0, 0.1) is 27.7 Å². The fourth-order valence-corrected chi connectivity index (χ4v) is 4.84. The van der Waals surface area contributed by atoms with Crippen LogP contribution in [0.1, 0.15) is 57.3 Å². The number of aryl methyl sites for hydroxylation is 6. The smallest absolute Gasteiger partial charge is 0.0209 e. The maximum atomic E-state index is 2.36. The molecule has 4 aromatic rings. The van der Waals surface area contributed by atoms with Crippen molar-refractivity contribution in [2.45, 2.75) is 58.8 Å². The van der Waals surface area contributed by atoms with Crippen molar-refractivity contribution in [3.05, 3.63) is 142 Å². The molecule has 0 unspecified atom stereocenters. The van der Waals surface area contributed by atoms with Crippen LogP contribution in [0.2, 0.25) is 0 Å². The SMILES string of the molecule is Cc1ccc(CCC(CCc2ccc(C)cc2)(c2ccc(C)cc2)c2ccc(C)cc2)cc1. The minimum Gasteiger partial charge on any atom is -0.0591 e. The summed E-state index contributed by atoms with van der Waals surface area (Å²) in [6.07, 6.45) is 4.31. The summed E-state index contributed by atoms with van der Waals surface area (Å²) in [6, 6.07) is 36.7. The molecule has 0 aromatic heterocycles. The van der Waals surface area contributed by atoms with Gasteiger partial charge in [0.2, 0.25) is 0 Å². The summed E-state index contributed by atoms with van der Waals surface area (Å²) in [4.78, 5) is 0. The Morgan fingerprint density at radius 3 is 0.970 bits per heavy atom. The van der Waals surface area contributed by atoms with Crippen LogP contribution in [0.5, 0.6) is 0 Å². The highest BCUT2D eigenvalue weighted by Crippen LogP contribution is 2.41. The third-order valence-electron chi connectivity index (χ3n) is 7.13. The molecule has 0 nitrogen and oxygen atoms in total. The van der Waals surface area contributed by atoms with E-state index in [2.05, 4.69) is 125 Å². The van der Waals surface area contributed by atoms with Crippen LogP contribution in [0.4, 0.5) is 0 Å². The summed E-state index contributed by atoms with van der Waals surface area (Å²) in [6.45, 7) is 8.67. The van der Waals surface area contributed by atoms with E-state index in [-0.39, 0.29) is 5.41 Å². The molecule has 0 saturated heterocycles. The van der Waals surface area contributed by atoms with Gasteiger partial charge in [0.1, 0.15) is 0 Å². The molecule has 0 aliphatic carbocycles. The van der Waals surface area contributed by atoms with Gasteiger partial charge >= 0.3 is 0 Å². The Balaban J connectivity index is 1.76. The zero-order valence-electron chi connectivity index (χ0n) is 20.6. The summed E-state index contributed by atoms with van der Waals surface area (Å²) in [5.41, 5.74) is 10.9. The molecule has 0 radical (unpaired) electrons. The minimum atomic E-state index is -0.0306. The fraction of sp³-hybridized carbons (Fsp3) is 0.273. The highest BCUT2D eigenvalue weighted by molar-refractivity contribution is 5.42. The monoisotopic (exact) mass is 432 g/mol. The Labute approximate surface area is 200 Å². The third-order valence-corrected chi connectivity index (χ3v) is 7.13. The predicted octanol–water partition coefficient (Wildman–Crippen LogP) is 8.47. The fourth-order valence-electron chi connectivity index (χ4n) is 4.84. The van der Waals surface area contributed by atoms with Crippen molar-refractivity contribution in [3.8, 4) is 0 Å². The van der Waals surface area contributed by atoms with Gasteiger partial charge in [0.05, 0.1) is 0 Å². The van der Waals surface area contributed by atoms with Crippen LogP contribution >= 0.6 is 0 Å². The van der Waals surface area contributed by atoms with Crippen molar-refractivity contribution in [1.82, 2.24) is 0 Å². The standard InChI is InChI=1S/C33H36/c1-25-5-13-29(14-6-25)21-23-33(31-17-9-27(3)10-18-31,32-19-11-28(4)12-20-32)24-22-30-15-7-26(2)8-16-30/h5-20H,21-24H2,1-4H3. The second kappa shape index (κ2) is 10.2. The Bertz CT molecular complexity index is 1050. The quantitative estimate of drug-likeness (QED) is 0.262. The second-order valence-corrected chi connectivity index (χ2v) is 9.79. The molecule has 0 N–H and O–H groups in total. The van der Waals surface area contributed by atoms with Gasteiger partial charge in [-0.2, -0.15) is 0 Å². The van der Waals surface area contributed by atoms with Crippen molar-refractivity contribution >= 4 is 0 Å². The van der Waals surface area contributed by atoms with Gasteiger partial charge in [-0.3, -0.25) is 0 Å². The van der Waals surface area contributed by atoms with Crippen LogP contribution in [-0.4, -0.2) is 0 Å². The molecule has 33 heavy (non-hydrogen) atoms. The molecule has 0 atom stereocenters. The van der Waals surface area contributed by atoms with Crippen molar-refractivity contribution in [2.24, 2.45) is 0 Å². The van der Waals surface area contributed by atoms with Gasteiger partial charge < -0.3 is 0 Å². The van der Waals surface area contributed by atoms with E-state index in [1.807, 2.05) is 0 Å². The lowest BCUT2D eigenvalue weighted by atomic mass is 9.67. The highest BCUT2D eigenvalue weighted by atomic mass is 14.4. The van der Waals surface area contributed by atoms with Gasteiger partial charge in [0.25, 0.3) is 0 Å². The van der Waals surface area contributed by atoms with Crippen molar-refractivity contribution in [1.29, 1.82) is 0 Å². The molecule has 168 valence electrons. The molecule has 0 amide bonds. The van der Waals surface area contributed by atoms with Gasteiger partial charge in [0.15, 0.2) is 0 Å². The van der Waals surface area contributed by atoms with Gasteiger partial charge in [-0.1, -0.05) is 119 Å². The summed E-state index contributed by atoms with van der Waals surface area (Å²) < 4.78 is 0. The van der Waals surface area contributed by atoms with E-state index < -0.39 is 0 Å². The van der Waals surface area contributed by atoms with Crippen LogP contribution in [-0.2, 0) is 18.3 Å². The number of rotatable bonds is 8. The van der Waals surface area contributed by atoms with Crippen LogP contribution in [0.3, 0.4) is 0 Å². The van der Waals surface area contributed by atoms with E-state index in [1.54, 1.807) is 0 Å². The Kier molecular flexibility index (Phi) is 7.14. The lowest BCUT2D eigenvalue weighted by molar-refractivity contribution is 0.436. The molecule has 0 heterocycles. The third kappa shape index (κ3) is 5.63. The van der Waals surface area contributed by atoms with Gasteiger partial charge in [-0.05, 0) is 75.6 Å². The number of benzene rings is 4. The lowest BCUT2D eigenvalue weighted by Gasteiger charge is -2.36. The molecule has 4 aromatic carbocycles. The summed E-state index contributed by atoms with van der Waals surface area (Å²) in [7, 11) is 0. The van der Waals surface area contributed by atoms with Crippen LogP contribution in [0.25, 0.3) is 0 Å². The Morgan fingerprint density at radius 1 is 0.394 bits per heavy atom. The average Bonchev–Trinajstić information content (AvgIpc) is 2.83. The zero-order valence-corrected chi connectivity index (χ0v) is 20.6. The maximum absolute atomic E-state index is 2.36. The van der Waals surface area contributed by atoms with E-state index in [4.69, 9.17) is 0 Å². The first-order valence-corrected chi connectivity index (χ1v) is 12.2. The zero-order chi connectivity index (χ0) is 23.3. The van der Waals surface area contributed by atoms with Crippen LogP contribution in [0.15, 0.2) is 97.1 Å². The maximum Gasteiger partial charge on any atom is 0.0209 e. The molecule has 0 spiro atoms. The molecular formula is C33H36. The van der Waals surface area contributed by atoms with Crippen molar-refractivity contribution in [2.75, 3.05) is 0 Å². The highest BCUT2D eigenvalue weighted by Gasteiger charge is 2.33. The molecule has 0 saturated carbocycles. The first-order valence-electron chi connectivity index (χ1n) is 12.2. The molecule has 4 rings (SSSR count). The first kappa shape index (κ1) is 23.1. The van der Waals surface area contributed by atoms with Gasteiger partial charge in [-0.25, -0.2) is 0 Å². The summed E-state index contributed by atoms with van der Waals surface area (Å²) >= 11 is 0. The van der Waals surface area contributed by atoms with E-state index in [0.29, 0.717) is 0 Å². The summed E-state index contributed by atoms with van der Waals surface area (Å²) in [5.74, 6) is 0. The molecular weight excluding hydrogens is 396 g/mol. The largest absolute Gasteiger partial charge is 0.0591 e. The van der Waals surface area contributed by atoms with Gasteiger partial charge in [0, 0.05) is 5.41 Å². The van der Waals surface area contributed by atoms with E-state index >= 15 is 0 Å². The normalized spacial score (nSPS) is 11.5. The van der Waals surface area contributed by atoms with Crippen LogP contribution < -0.4 is 0 Å². The first-order chi connectivity index (χ1) is 15.9. The lowest BCUT2D eigenvalue weighted by Crippen LogP contribution is -2.29. The number of hydrogen-bond acceptors (Lipinski definition) is 0. The molecule has 0 heteroatoms. The number of hydrogen-bond donors (Lipinski definition) is 0.